The second-order valence-electron chi connectivity index (χ2n) is 12.3. The van der Waals surface area contributed by atoms with Gasteiger partial charge in [0.2, 0.25) is 0 Å². The Hall–Kier alpha value is -0.409. The van der Waals surface area contributed by atoms with Crippen molar-refractivity contribution in [2.75, 3.05) is 6.54 Å². The van der Waals surface area contributed by atoms with Gasteiger partial charge in [0.1, 0.15) is 0 Å². The Kier molecular flexibility index (Phi) is 16.7. The van der Waals surface area contributed by atoms with Gasteiger partial charge in [-0.2, -0.15) is 0 Å². The molecule has 37 heavy (non-hydrogen) atoms. The molecule has 1 nitrogen and oxygen atoms in total. The average Bonchev–Trinajstić information content (AvgIpc) is 3.09. The zero-order chi connectivity index (χ0) is 26.9. The summed E-state index contributed by atoms with van der Waals surface area (Å²) in [6, 6.07) is 11.5. The normalized spacial score (nSPS) is 17.9. The maximum absolute atomic E-state index is 4.30. The second-order valence-corrected chi connectivity index (χ2v) is 26.5. The zero-order valence-corrected chi connectivity index (χ0v) is 28.7. The molecule has 1 aliphatic carbocycles. The minimum absolute atomic E-state index is 0.307. The van der Waals surface area contributed by atoms with Crippen molar-refractivity contribution in [1.29, 1.82) is 0 Å². The van der Waals surface area contributed by atoms with Crippen molar-refractivity contribution in [2.45, 2.75) is 143 Å². The molecule has 0 aliphatic heterocycles. The summed E-state index contributed by atoms with van der Waals surface area (Å²) in [5.74, 6) is 0.652. The summed E-state index contributed by atoms with van der Waals surface area (Å²) in [6.07, 6.45) is 23.1. The van der Waals surface area contributed by atoms with E-state index in [1.807, 2.05) is 3.88 Å². The van der Waals surface area contributed by atoms with Gasteiger partial charge in [-0.15, -0.1) is 0 Å². The topological polar surface area (TPSA) is 12.0 Å². The molecule has 0 saturated carbocycles. The Morgan fingerprint density at radius 1 is 0.676 bits per heavy atom. The molecule has 2 unspecified atom stereocenters. The van der Waals surface area contributed by atoms with Crippen LogP contribution in [0.5, 0.6) is 0 Å². The molecular formula is C34H61NSiTi. The summed E-state index contributed by atoms with van der Waals surface area (Å²) in [7, 11) is -0.307. The van der Waals surface area contributed by atoms with Gasteiger partial charge < -0.3 is 0 Å². The van der Waals surface area contributed by atoms with Crippen molar-refractivity contribution < 1.29 is 16.1 Å². The molecule has 0 fully saturated rings. The number of unbranched alkanes of at least 4 members (excludes halogenated alkanes) is 15. The summed E-state index contributed by atoms with van der Waals surface area (Å²) in [5, 5.41) is 4.35. The Labute approximate surface area is 237 Å². The Bertz CT molecular complexity index is 814. The third-order valence-electron chi connectivity index (χ3n) is 9.18. The first-order valence-corrected chi connectivity index (χ1v) is 23.9. The first kappa shape index (κ1) is 32.8. The van der Waals surface area contributed by atoms with Crippen LogP contribution >= 0.6 is 0 Å². The quantitative estimate of drug-likeness (QED) is 0.117. The number of nitrogens with one attached hydrogen (secondary N) is 1. The summed E-state index contributed by atoms with van der Waals surface area (Å²) in [4.78, 5) is 0. The van der Waals surface area contributed by atoms with Crippen LogP contribution in [0.3, 0.4) is 0 Å². The van der Waals surface area contributed by atoms with Gasteiger partial charge in [0.15, 0.2) is 0 Å². The Morgan fingerprint density at radius 3 is 1.57 bits per heavy atom. The Morgan fingerprint density at radius 2 is 1.14 bits per heavy atom. The third-order valence-corrected chi connectivity index (χ3v) is 23.3. The molecule has 3 heteroatoms. The van der Waals surface area contributed by atoms with Crippen LogP contribution < -0.4 is 8.99 Å². The molecule has 0 spiro atoms. The predicted octanol–water partition coefficient (Wildman–Crippen LogP) is 9.62. The van der Waals surface area contributed by atoms with Gasteiger partial charge >= 0.3 is 193 Å². The van der Waals surface area contributed by atoms with Crippen LogP contribution in [0.2, 0.25) is 5.23 Å². The molecule has 2 atom stereocenters. The van der Waals surface area contributed by atoms with Crippen molar-refractivity contribution in [1.82, 2.24) is 3.80 Å². The molecule has 0 amide bonds. The van der Waals surface area contributed by atoms with Crippen molar-refractivity contribution in [3.05, 3.63) is 50.9 Å². The van der Waals surface area contributed by atoms with Crippen LogP contribution in [0.15, 0.2) is 50.9 Å². The summed E-state index contributed by atoms with van der Waals surface area (Å²) >= 11 is -2.28. The van der Waals surface area contributed by atoms with Crippen LogP contribution in [-0.4, -0.2) is 13.9 Å². The molecular weight excluding hydrogens is 498 g/mol. The van der Waals surface area contributed by atoms with Crippen LogP contribution in [0.25, 0.3) is 0 Å². The fourth-order valence-corrected chi connectivity index (χ4v) is 22.5. The van der Waals surface area contributed by atoms with E-state index in [1.54, 1.807) is 21.9 Å². The average molecular weight is 560 g/mol. The van der Waals surface area contributed by atoms with Crippen molar-refractivity contribution in [3.63, 3.8) is 0 Å². The van der Waals surface area contributed by atoms with E-state index < -0.39 is 16.1 Å². The van der Waals surface area contributed by atoms with E-state index in [9.17, 15) is 0 Å². The molecule has 0 radical (unpaired) electrons. The van der Waals surface area contributed by atoms with E-state index in [0.717, 1.165) is 0 Å². The van der Waals surface area contributed by atoms with Gasteiger partial charge in [-0.1, -0.05) is 45.4 Å². The van der Waals surface area contributed by atoms with Crippen molar-refractivity contribution in [3.8, 4) is 0 Å². The van der Waals surface area contributed by atoms with E-state index in [2.05, 4.69) is 74.0 Å². The zero-order valence-electron chi connectivity index (χ0n) is 25.7. The van der Waals surface area contributed by atoms with Crippen LogP contribution in [-0.2, 0) is 16.1 Å². The molecule has 0 bridgehead atoms. The van der Waals surface area contributed by atoms with Gasteiger partial charge in [-0.3, -0.25) is 0 Å². The number of allylic oxidation sites excluding steroid dienone is 4. The standard InChI is InChI=1S/C18H38N.C9H13.C6H7Si.CH3.Ti/c1-2-3-4-5-6-7-8-9-10-11-12-13-14-15-16-17-18-19;1-6-5-7(2)9(4)8(6)3;7-6-4-2-1-3-5-6;;/h19H,2-18H2,1H3;6H,1-4H3;1-5H,7H2;1H3;/q-1;;;;+1. The predicted molar refractivity (Wildman–Crippen MR) is 168 cm³/mol. The first-order chi connectivity index (χ1) is 17.9. The van der Waals surface area contributed by atoms with E-state index in [1.165, 1.54) is 109 Å². The summed E-state index contributed by atoms with van der Waals surface area (Å²) in [5.41, 5.74) is 4.83. The van der Waals surface area contributed by atoms with Gasteiger partial charge in [-0.25, -0.2) is 0 Å². The molecule has 2 rings (SSSR count). The molecule has 0 saturated heterocycles. The maximum atomic E-state index is 4.30. The second kappa shape index (κ2) is 18.8. The summed E-state index contributed by atoms with van der Waals surface area (Å²) < 4.78 is 6.17. The van der Waals surface area contributed by atoms with Crippen LogP contribution in [0.1, 0.15) is 137 Å². The molecule has 1 aliphatic rings. The fourth-order valence-electron chi connectivity index (χ4n) is 6.55. The SMILES string of the molecule is CCCCCCCCCCCCCCCCCC[NH][Ti]([CH3])([SiH2]c1ccccc1)[C]1=C(C)C(C)=C(C)C1C. The number of benzene rings is 1. The van der Waals surface area contributed by atoms with Gasteiger partial charge in [0.05, 0.1) is 0 Å². The number of hydrogen-bond donors (Lipinski definition) is 1. The molecule has 210 valence electrons. The van der Waals surface area contributed by atoms with Crippen molar-refractivity contribution in [2.24, 2.45) is 5.92 Å². The molecule has 0 heterocycles. The molecule has 1 N–H and O–H groups in total. The van der Waals surface area contributed by atoms with E-state index in [4.69, 9.17) is 0 Å². The monoisotopic (exact) mass is 559 g/mol. The third kappa shape index (κ3) is 11.7. The number of hydrogen-bond acceptors (Lipinski definition) is 1. The van der Waals surface area contributed by atoms with Crippen LogP contribution in [0, 0.1) is 5.92 Å². The van der Waals surface area contributed by atoms with Crippen molar-refractivity contribution >= 4 is 12.6 Å². The van der Waals surface area contributed by atoms with E-state index in [0.29, 0.717) is 5.92 Å². The fraction of sp³-hybridized carbons (Fsp3) is 0.706. The summed E-state index contributed by atoms with van der Waals surface area (Å²) in [6.45, 7) is 13.2. The van der Waals surface area contributed by atoms with Gasteiger partial charge in [0, 0.05) is 0 Å². The Balaban J connectivity index is 1.62. The van der Waals surface area contributed by atoms with Gasteiger partial charge in [0.25, 0.3) is 0 Å². The first-order valence-electron chi connectivity index (χ1n) is 16.1. The molecule has 1 aromatic rings. The molecule has 1 aromatic carbocycles. The van der Waals surface area contributed by atoms with E-state index in [-0.39, 0.29) is 7.39 Å². The number of rotatable bonds is 21. The van der Waals surface area contributed by atoms with Crippen LogP contribution in [0.4, 0.5) is 0 Å². The van der Waals surface area contributed by atoms with Gasteiger partial charge in [-0.05, 0) is 0 Å². The van der Waals surface area contributed by atoms with E-state index >= 15 is 0 Å². The molecule has 0 aromatic heterocycles. The minimum atomic E-state index is -2.28.